The molecule has 1 aliphatic rings. The number of guanidine groups is 1. The van der Waals surface area contributed by atoms with E-state index in [4.69, 9.17) is 5.73 Å². The van der Waals surface area contributed by atoms with Gasteiger partial charge in [0.1, 0.15) is 0 Å². The van der Waals surface area contributed by atoms with E-state index < -0.39 is 0 Å². The maximum Gasteiger partial charge on any atom is 0.191 e. The van der Waals surface area contributed by atoms with Crippen LogP contribution in [0, 0.1) is 0 Å². The van der Waals surface area contributed by atoms with E-state index in [1.807, 2.05) is 11.9 Å². The third-order valence-corrected chi connectivity index (χ3v) is 5.61. The predicted octanol–water partition coefficient (Wildman–Crippen LogP) is 2.57. The van der Waals surface area contributed by atoms with Gasteiger partial charge in [0.2, 0.25) is 0 Å². The van der Waals surface area contributed by atoms with Crippen molar-refractivity contribution in [3.05, 3.63) is 19.2 Å². The van der Waals surface area contributed by atoms with Gasteiger partial charge in [0.25, 0.3) is 0 Å². The second kappa shape index (κ2) is 3.83. The molecule has 0 radical (unpaired) electrons. The van der Waals surface area contributed by atoms with Gasteiger partial charge in [-0.2, -0.15) is 0 Å². The average molecular weight is 339 g/mol. The van der Waals surface area contributed by atoms with Gasteiger partial charge in [-0.1, -0.05) is 0 Å². The fraction of sp³-hybridized carbons (Fsp3) is 0.375. The summed E-state index contributed by atoms with van der Waals surface area (Å²) in [6, 6.07) is 2.41. The molecule has 2 heterocycles. The first-order chi connectivity index (χ1) is 6.59. The monoisotopic (exact) mass is 337 g/mol. The largest absolute Gasteiger partial charge is 0.370 e. The van der Waals surface area contributed by atoms with Crippen LogP contribution in [0.5, 0.6) is 0 Å². The van der Waals surface area contributed by atoms with E-state index in [1.165, 1.54) is 4.88 Å². The number of hydrogen-bond acceptors (Lipinski definition) is 4. The highest BCUT2D eigenvalue weighted by Crippen LogP contribution is 2.38. The van der Waals surface area contributed by atoms with Crippen LogP contribution < -0.4 is 5.73 Å². The van der Waals surface area contributed by atoms with Crippen LogP contribution in [0.15, 0.2) is 19.3 Å². The molecule has 0 bridgehead atoms. The lowest BCUT2D eigenvalue weighted by Gasteiger charge is -2.19. The summed E-state index contributed by atoms with van der Waals surface area (Å²) in [5.41, 5.74) is 5.71. The minimum absolute atomic E-state index is 0.294. The summed E-state index contributed by atoms with van der Waals surface area (Å²) in [6.07, 6.45) is 0. The molecule has 0 fully saturated rings. The number of aliphatic imine (C=N–C) groups is 1. The fourth-order valence-corrected chi connectivity index (χ4v) is 3.61. The van der Waals surface area contributed by atoms with Gasteiger partial charge >= 0.3 is 0 Å². The van der Waals surface area contributed by atoms with E-state index in [1.54, 1.807) is 11.3 Å². The van der Waals surface area contributed by atoms with Crippen molar-refractivity contribution in [2.45, 2.75) is 6.04 Å². The van der Waals surface area contributed by atoms with Gasteiger partial charge in [-0.25, -0.2) is 0 Å². The molecule has 0 amide bonds. The predicted molar refractivity (Wildman–Crippen MR) is 66.7 cm³/mol. The number of nitrogens with two attached hydrogens (primary N) is 1. The second-order valence-electron chi connectivity index (χ2n) is 3.10. The van der Waals surface area contributed by atoms with Crippen LogP contribution in [-0.2, 0) is 0 Å². The topological polar surface area (TPSA) is 41.6 Å². The van der Waals surface area contributed by atoms with Crippen molar-refractivity contribution in [3.8, 4) is 0 Å². The van der Waals surface area contributed by atoms with Crippen molar-refractivity contribution in [2.75, 3.05) is 13.6 Å². The third-order valence-electron chi connectivity index (χ3n) is 2.25. The van der Waals surface area contributed by atoms with Gasteiger partial charge in [0, 0.05) is 16.4 Å². The Labute approximate surface area is 103 Å². The van der Waals surface area contributed by atoms with Crippen molar-refractivity contribution < 1.29 is 0 Å². The SMILES string of the molecule is CN1C(N)=NCC1c1cc(Br)c(Br)s1. The van der Waals surface area contributed by atoms with Crippen molar-refractivity contribution in [3.63, 3.8) is 0 Å². The minimum Gasteiger partial charge on any atom is -0.370 e. The molecule has 1 aliphatic heterocycles. The van der Waals surface area contributed by atoms with Crippen LogP contribution in [0.25, 0.3) is 0 Å². The summed E-state index contributed by atoms with van der Waals surface area (Å²) in [7, 11) is 1.97. The molecule has 0 spiro atoms. The molecule has 3 nitrogen and oxygen atoms in total. The maximum atomic E-state index is 5.71. The molecule has 6 heteroatoms. The smallest absolute Gasteiger partial charge is 0.191 e. The zero-order valence-corrected chi connectivity index (χ0v) is 11.5. The Morgan fingerprint density at radius 1 is 1.64 bits per heavy atom. The van der Waals surface area contributed by atoms with Crippen molar-refractivity contribution in [2.24, 2.45) is 10.7 Å². The van der Waals surface area contributed by atoms with Crippen LogP contribution in [0.2, 0.25) is 0 Å². The van der Waals surface area contributed by atoms with Crippen molar-refractivity contribution in [1.82, 2.24) is 4.90 Å². The normalized spacial score (nSPS) is 21.5. The van der Waals surface area contributed by atoms with Crippen LogP contribution in [0.4, 0.5) is 0 Å². The van der Waals surface area contributed by atoms with E-state index >= 15 is 0 Å². The van der Waals surface area contributed by atoms with E-state index in [-0.39, 0.29) is 0 Å². The first kappa shape index (κ1) is 10.4. The first-order valence-corrected chi connectivity index (χ1v) is 6.47. The van der Waals surface area contributed by atoms with Gasteiger partial charge < -0.3 is 10.6 Å². The molecule has 2 N–H and O–H groups in total. The summed E-state index contributed by atoms with van der Waals surface area (Å²) in [4.78, 5) is 7.49. The number of nitrogens with zero attached hydrogens (tertiary/aromatic N) is 2. The van der Waals surface area contributed by atoms with Crippen LogP contribution >= 0.6 is 43.2 Å². The van der Waals surface area contributed by atoms with E-state index in [0.717, 1.165) is 14.8 Å². The summed E-state index contributed by atoms with van der Waals surface area (Å²) in [5, 5.41) is 0. The van der Waals surface area contributed by atoms with E-state index in [0.29, 0.717) is 12.0 Å². The average Bonchev–Trinajstić information content (AvgIpc) is 2.61. The molecule has 14 heavy (non-hydrogen) atoms. The highest BCUT2D eigenvalue weighted by atomic mass is 79.9. The molecular formula is C8H9Br2N3S. The van der Waals surface area contributed by atoms with E-state index in [2.05, 4.69) is 42.9 Å². The lowest BCUT2D eigenvalue weighted by atomic mass is 10.2. The Morgan fingerprint density at radius 3 is 2.79 bits per heavy atom. The lowest BCUT2D eigenvalue weighted by Crippen LogP contribution is -2.31. The molecule has 1 unspecified atom stereocenters. The Kier molecular flexibility index (Phi) is 2.86. The van der Waals surface area contributed by atoms with Gasteiger partial charge in [-0.05, 0) is 37.9 Å². The highest BCUT2D eigenvalue weighted by Gasteiger charge is 2.25. The van der Waals surface area contributed by atoms with Gasteiger partial charge in [-0.15, -0.1) is 11.3 Å². The highest BCUT2D eigenvalue weighted by molar-refractivity contribution is 9.13. The second-order valence-corrected chi connectivity index (χ2v) is 6.35. The maximum absolute atomic E-state index is 5.71. The molecule has 1 aromatic rings. The summed E-state index contributed by atoms with van der Waals surface area (Å²) < 4.78 is 2.21. The molecule has 0 saturated heterocycles. The quantitative estimate of drug-likeness (QED) is 0.855. The molecule has 2 rings (SSSR count). The Balaban J connectivity index is 2.25. The summed E-state index contributed by atoms with van der Waals surface area (Å²) >= 11 is 8.67. The first-order valence-electron chi connectivity index (χ1n) is 4.07. The van der Waals surface area contributed by atoms with Gasteiger partial charge in [-0.3, -0.25) is 4.99 Å². The van der Waals surface area contributed by atoms with E-state index in [9.17, 15) is 0 Å². The van der Waals surface area contributed by atoms with Crippen LogP contribution in [0.3, 0.4) is 0 Å². The fourth-order valence-electron chi connectivity index (χ4n) is 1.38. The molecule has 1 atom stereocenters. The Bertz CT molecular complexity index is 368. The van der Waals surface area contributed by atoms with Gasteiger partial charge in [0.15, 0.2) is 5.96 Å². The number of halogens is 2. The van der Waals surface area contributed by atoms with Crippen molar-refractivity contribution in [1.29, 1.82) is 0 Å². The van der Waals surface area contributed by atoms with Crippen LogP contribution in [0.1, 0.15) is 10.9 Å². The summed E-state index contributed by atoms with van der Waals surface area (Å²) in [5.74, 6) is 0.621. The zero-order chi connectivity index (χ0) is 10.3. The molecule has 0 saturated carbocycles. The molecular weight excluding hydrogens is 330 g/mol. The number of rotatable bonds is 1. The Morgan fingerprint density at radius 2 is 2.36 bits per heavy atom. The number of thiophene rings is 1. The van der Waals surface area contributed by atoms with Gasteiger partial charge in [0.05, 0.1) is 16.4 Å². The molecule has 76 valence electrons. The third kappa shape index (κ3) is 1.70. The van der Waals surface area contributed by atoms with Crippen molar-refractivity contribution >= 4 is 49.2 Å². The zero-order valence-electron chi connectivity index (χ0n) is 7.50. The Hall–Kier alpha value is -0.0700. The molecule has 0 aliphatic carbocycles. The molecule has 1 aromatic heterocycles. The summed E-state index contributed by atoms with van der Waals surface area (Å²) in [6.45, 7) is 0.752. The van der Waals surface area contributed by atoms with Crippen LogP contribution in [-0.4, -0.2) is 24.5 Å². The number of hydrogen-bond donors (Lipinski definition) is 1. The lowest BCUT2D eigenvalue weighted by molar-refractivity contribution is 0.420. The molecule has 0 aromatic carbocycles. The number of likely N-dealkylation sites (N-methyl/N-ethyl adjacent to an activating group) is 1. The minimum atomic E-state index is 0.294. The standard InChI is InChI=1S/C8H9Br2N3S/c1-13-5(3-12-8(13)11)6-2-4(9)7(10)14-6/h2,5H,3H2,1H3,(H2,11,12).